The summed E-state index contributed by atoms with van der Waals surface area (Å²) in [5.74, 6) is -0.338. The highest BCUT2D eigenvalue weighted by Crippen LogP contribution is 2.18. The van der Waals surface area contributed by atoms with Crippen LogP contribution in [0.2, 0.25) is 0 Å². The van der Waals surface area contributed by atoms with Crippen LogP contribution in [0.3, 0.4) is 0 Å². The molecule has 0 heterocycles. The molecule has 0 aromatic carbocycles. The molecule has 0 aliphatic rings. The van der Waals surface area contributed by atoms with E-state index in [1.54, 1.807) is 13.0 Å². The van der Waals surface area contributed by atoms with Crippen molar-refractivity contribution in [1.82, 2.24) is 0 Å². The second-order valence-electron chi connectivity index (χ2n) is 7.97. The monoisotopic (exact) mass is 428 g/mol. The minimum absolute atomic E-state index is 0.239. The summed E-state index contributed by atoms with van der Waals surface area (Å²) in [5.41, 5.74) is 0. The maximum Gasteiger partial charge on any atom is 0.330 e. The van der Waals surface area contributed by atoms with E-state index in [0.717, 1.165) is 12.8 Å². The molecule has 0 bridgehead atoms. The Morgan fingerprint density at radius 1 is 0.867 bits per heavy atom. The summed E-state index contributed by atoms with van der Waals surface area (Å²) in [6.45, 7) is 8.81. The molecule has 178 valence electrons. The highest BCUT2D eigenvalue weighted by molar-refractivity contribution is 5.81. The van der Waals surface area contributed by atoms with Crippen LogP contribution in [0.25, 0.3) is 0 Å². The fourth-order valence-electron chi connectivity index (χ4n) is 3.53. The molecule has 5 nitrogen and oxygen atoms in total. The number of allylic oxidation sites excluding steroid dienone is 1. The highest BCUT2D eigenvalue weighted by Gasteiger charge is 2.21. The average molecular weight is 429 g/mol. The molecule has 5 heteroatoms. The fraction of sp³-hybridized carbons (Fsp3) is 0.880. The minimum Gasteiger partial charge on any atom is -0.463 e. The van der Waals surface area contributed by atoms with Gasteiger partial charge in [-0.3, -0.25) is 0 Å². The standard InChI is InChI=1S/C25H48O5/c1-5-8-9-10-11-12-13-14-15-16-20-24(30-22(4)28-6-2)23(26)19-17-18-21-25(27)29-7-3/h18,21-24,26H,5-17,19-20H2,1-4H3/b21-18+/t22?,23-,24-/m1/s1. The second kappa shape index (κ2) is 21.3. The maximum absolute atomic E-state index is 11.3. The van der Waals surface area contributed by atoms with Gasteiger partial charge in [-0.2, -0.15) is 0 Å². The van der Waals surface area contributed by atoms with Crippen LogP contribution in [0.4, 0.5) is 0 Å². The van der Waals surface area contributed by atoms with Crippen molar-refractivity contribution in [2.24, 2.45) is 0 Å². The predicted molar refractivity (Wildman–Crippen MR) is 123 cm³/mol. The van der Waals surface area contributed by atoms with Crippen molar-refractivity contribution in [3.63, 3.8) is 0 Å². The lowest BCUT2D eigenvalue weighted by Crippen LogP contribution is -2.33. The first-order valence-electron chi connectivity index (χ1n) is 12.3. The van der Waals surface area contributed by atoms with E-state index in [2.05, 4.69) is 6.92 Å². The maximum atomic E-state index is 11.3. The van der Waals surface area contributed by atoms with E-state index in [1.807, 2.05) is 13.8 Å². The normalized spacial score (nSPS) is 14.7. The molecule has 30 heavy (non-hydrogen) atoms. The Bertz CT molecular complexity index is 410. The van der Waals surface area contributed by atoms with Crippen LogP contribution in [-0.2, 0) is 19.0 Å². The largest absolute Gasteiger partial charge is 0.463 e. The highest BCUT2D eigenvalue weighted by atomic mass is 16.7. The molecule has 0 saturated heterocycles. The fourth-order valence-corrected chi connectivity index (χ4v) is 3.53. The molecule has 0 spiro atoms. The van der Waals surface area contributed by atoms with Gasteiger partial charge in [0.05, 0.1) is 18.8 Å². The zero-order valence-electron chi connectivity index (χ0n) is 20.1. The van der Waals surface area contributed by atoms with Crippen molar-refractivity contribution < 1.29 is 24.1 Å². The number of rotatable bonds is 21. The van der Waals surface area contributed by atoms with Gasteiger partial charge < -0.3 is 19.3 Å². The second-order valence-corrected chi connectivity index (χ2v) is 7.97. The molecule has 0 fully saturated rings. The first-order chi connectivity index (χ1) is 14.5. The summed E-state index contributed by atoms with van der Waals surface area (Å²) in [4.78, 5) is 11.3. The van der Waals surface area contributed by atoms with E-state index in [9.17, 15) is 9.90 Å². The molecule has 0 amide bonds. The Morgan fingerprint density at radius 2 is 1.47 bits per heavy atom. The predicted octanol–water partition coefficient (Wildman–Crippen LogP) is 6.33. The van der Waals surface area contributed by atoms with Crippen LogP contribution in [0.15, 0.2) is 12.2 Å². The van der Waals surface area contributed by atoms with Crippen molar-refractivity contribution in [3.8, 4) is 0 Å². The summed E-state index contributed by atoms with van der Waals surface area (Å²) in [7, 11) is 0. The van der Waals surface area contributed by atoms with E-state index < -0.39 is 6.10 Å². The van der Waals surface area contributed by atoms with Crippen molar-refractivity contribution in [3.05, 3.63) is 12.2 Å². The molecule has 1 N–H and O–H groups in total. The topological polar surface area (TPSA) is 65.0 Å². The lowest BCUT2D eigenvalue weighted by molar-refractivity contribution is -0.183. The molecule has 0 aliphatic heterocycles. The Labute approximate surface area is 185 Å². The average Bonchev–Trinajstić information content (AvgIpc) is 2.72. The van der Waals surface area contributed by atoms with Gasteiger partial charge >= 0.3 is 5.97 Å². The molecule has 0 aromatic heterocycles. The van der Waals surface area contributed by atoms with E-state index in [1.165, 1.54) is 63.9 Å². The summed E-state index contributed by atoms with van der Waals surface area (Å²) in [6.07, 6.45) is 16.9. The third-order valence-corrected chi connectivity index (χ3v) is 5.21. The van der Waals surface area contributed by atoms with Gasteiger partial charge in [-0.15, -0.1) is 0 Å². The Morgan fingerprint density at radius 3 is 2.03 bits per heavy atom. The molecular formula is C25H48O5. The number of hydrogen-bond acceptors (Lipinski definition) is 5. The molecule has 0 aromatic rings. The molecule has 1 unspecified atom stereocenters. The van der Waals surface area contributed by atoms with Crippen molar-refractivity contribution in [2.45, 2.75) is 130 Å². The van der Waals surface area contributed by atoms with E-state index in [0.29, 0.717) is 26.1 Å². The Kier molecular flexibility index (Phi) is 20.7. The van der Waals surface area contributed by atoms with Crippen LogP contribution < -0.4 is 0 Å². The molecular weight excluding hydrogens is 380 g/mol. The zero-order valence-corrected chi connectivity index (χ0v) is 20.1. The number of hydrogen-bond donors (Lipinski definition) is 1. The molecule has 0 radical (unpaired) electrons. The molecule has 0 aliphatic carbocycles. The number of ether oxygens (including phenoxy) is 3. The SMILES string of the molecule is CCCCCCCCCCCC[C@@H](OC(C)OCC)[C@H](O)CC/C=C/C(=O)OCC. The molecule has 0 saturated carbocycles. The first kappa shape index (κ1) is 29.1. The van der Waals surface area contributed by atoms with Gasteiger partial charge in [0.25, 0.3) is 0 Å². The number of unbranched alkanes of at least 4 members (excludes halogenated alkanes) is 9. The summed E-state index contributed by atoms with van der Waals surface area (Å²) in [5, 5.41) is 10.6. The smallest absolute Gasteiger partial charge is 0.330 e. The quantitative estimate of drug-likeness (QED) is 0.100. The minimum atomic E-state index is -0.571. The van der Waals surface area contributed by atoms with Gasteiger partial charge in [-0.1, -0.05) is 77.2 Å². The number of carbonyl (C=O) groups excluding carboxylic acids is 1. The number of aliphatic hydroxyl groups is 1. The van der Waals surface area contributed by atoms with Gasteiger partial charge in [0.1, 0.15) is 0 Å². The third kappa shape index (κ3) is 17.9. The lowest BCUT2D eigenvalue weighted by atomic mass is 10.0. The van der Waals surface area contributed by atoms with Gasteiger partial charge in [-0.25, -0.2) is 4.79 Å². The number of aliphatic hydroxyl groups excluding tert-OH is 1. The zero-order chi connectivity index (χ0) is 22.5. The number of carbonyl (C=O) groups is 1. The number of esters is 1. The Hall–Kier alpha value is -0.910. The third-order valence-electron chi connectivity index (χ3n) is 5.21. The molecule has 3 atom stereocenters. The van der Waals surface area contributed by atoms with Crippen molar-refractivity contribution in [2.75, 3.05) is 13.2 Å². The van der Waals surface area contributed by atoms with Crippen LogP contribution in [0.5, 0.6) is 0 Å². The van der Waals surface area contributed by atoms with Crippen molar-refractivity contribution >= 4 is 5.97 Å². The van der Waals surface area contributed by atoms with Gasteiger partial charge in [0.2, 0.25) is 0 Å². The summed E-state index contributed by atoms with van der Waals surface area (Å²) in [6, 6.07) is 0. The first-order valence-corrected chi connectivity index (χ1v) is 12.3. The van der Waals surface area contributed by atoms with Gasteiger partial charge in [0, 0.05) is 12.7 Å². The van der Waals surface area contributed by atoms with Crippen LogP contribution in [-0.4, -0.2) is 42.8 Å². The molecule has 0 rings (SSSR count). The Balaban J connectivity index is 4.16. The van der Waals surface area contributed by atoms with Crippen LogP contribution >= 0.6 is 0 Å². The lowest BCUT2D eigenvalue weighted by Gasteiger charge is -2.26. The van der Waals surface area contributed by atoms with Crippen molar-refractivity contribution in [1.29, 1.82) is 0 Å². The van der Waals surface area contributed by atoms with Gasteiger partial charge in [0.15, 0.2) is 6.29 Å². The van der Waals surface area contributed by atoms with E-state index >= 15 is 0 Å². The van der Waals surface area contributed by atoms with Crippen LogP contribution in [0, 0.1) is 0 Å². The van der Waals surface area contributed by atoms with E-state index in [4.69, 9.17) is 14.2 Å². The summed E-state index contributed by atoms with van der Waals surface area (Å²) < 4.78 is 16.3. The van der Waals surface area contributed by atoms with Crippen LogP contribution in [0.1, 0.15) is 111 Å². The van der Waals surface area contributed by atoms with E-state index in [-0.39, 0.29) is 18.4 Å². The van der Waals surface area contributed by atoms with Gasteiger partial charge in [-0.05, 0) is 40.0 Å². The summed E-state index contributed by atoms with van der Waals surface area (Å²) >= 11 is 0.